The number of rotatable bonds is 4. The van der Waals surface area contributed by atoms with E-state index in [1.54, 1.807) is 0 Å². The molecule has 0 radical (unpaired) electrons. The van der Waals surface area contributed by atoms with Gasteiger partial charge in [-0.1, -0.05) is 0 Å². The molecule has 0 aromatic rings. The van der Waals surface area contributed by atoms with Gasteiger partial charge >= 0.3 is 11.9 Å². The molecule has 0 amide bonds. The monoisotopic (exact) mass is 370 g/mol. The Morgan fingerprint density at radius 2 is 1.24 bits per heavy atom. The van der Waals surface area contributed by atoms with Gasteiger partial charge in [-0.3, -0.25) is 0 Å². The second kappa shape index (κ2) is 7.45. The van der Waals surface area contributed by atoms with Crippen LogP contribution in [-0.2, 0) is 23.8 Å². The molecule has 2 saturated heterocycles. The standard InChI is InChI=1S/C12H18O13/c13-1-2(14)7(9(18)19)25-12(5(1)17)24-6-3(15)4(16)11(22)23-8(6)10(20)21/h1-8,11-17,22H,(H,18,19)(H,20,21)/t1-,2-,3+,4-,5-,6-,7-,8+,11?,12+/m0/s1. The summed E-state index contributed by atoms with van der Waals surface area (Å²) in [6.07, 6.45) is -19.9. The van der Waals surface area contributed by atoms with E-state index in [9.17, 15) is 40.2 Å². The van der Waals surface area contributed by atoms with Gasteiger partial charge < -0.3 is 55.1 Å². The van der Waals surface area contributed by atoms with Crippen molar-refractivity contribution in [2.45, 2.75) is 61.4 Å². The van der Waals surface area contributed by atoms with Crippen LogP contribution in [0.3, 0.4) is 0 Å². The third-order valence-corrected chi connectivity index (χ3v) is 3.91. The topological polar surface area (TPSA) is 224 Å². The highest BCUT2D eigenvalue weighted by Crippen LogP contribution is 2.28. The fraction of sp³-hybridized carbons (Fsp3) is 0.833. The summed E-state index contributed by atoms with van der Waals surface area (Å²) in [5.74, 6) is -3.39. The van der Waals surface area contributed by atoms with E-state index in [0.717, 1.165) is 0 Å². The summed E-state index contributed by atoms with van der Waals surface area (Å²) in [5.41, 5.74) is 0. The molecule has 13 nitrogen and oxygen atoms in total. The molecule has 13 heteroatoms. The largest absolute Gasteiger partial charge is 0.479 e. The molecule has 144 valence electrons. The van der Waals surface area contributed by atoms with E-state index in [4.69, 9.17) is 19.7 Å². The summed E-state index contributed by atoms with van der Waals surface area (Å²) in [6.45, 7) is 0. The van der Waals surface area contributed by atoms with E-state index in [-0.39, 0.29) is 0 Å². The van der Waals surface area contributed by atoms with E-state index in [1.165, 1.54) is 0 Å². The van der Waals surface area contributed by atoms with Gasteiger partial charge in [0.1, 0.15) is 36.6 Å². The molecule has 2 rings (SSSR count). The SMILES string of the molecule is O=C(O)[C@H]1O[C@@H](O[C@H]2[C@H](O)[C@H](O)C(O)O[C@H]2C(=O)O)[C@@H](O)[C@@H](O)[C@@H]1O. The van der Waals surface area contributed by atoms with E-state index >= 15 is 0 Å². The molecule has 0 bridgehead atoms. The lowest BCUT2D eigenvalue weighted by Crippen LogP contribution is -2.65. The van der Waals surface area contributed by atoms with Crippen molar-refractivity contribution in [3.05, 3.63) is 0 Å². The Kier molecular flexibility index (Phi) is 5.93. The number of hydrogen-bond acceptors (Lipinski definition) is 11. The Morgan fingerprint density at radius 1 is 0.680 bits per heavy atom. The molecular formula is C12H18O13. The average molecular weight is 370 g/mol. The fourth-order valence-corrected chi connectivity index (χ4v) is 2.52. The highest BCUT2D eigenvalue weighted by molar-refractivity contribution is 5.74. The maximum absolute atomic E-state index is 11.2. The number of carboxylic acids is 2. The first-order valence-corrected chi connectivity index (χ1v) is 7.06. The first kappa shape index (κ1) is 19.9. The smallest absolute Gasteiger partial charge is 0.335 e. The van der Waals surface area contributed by atoms with Crippen molar-refractivity contribution in [1.29, 1.82) is 0 Å². The molecule has 10 atom stereocenters. The van der Waals surface area contributed by atoms with Crippen molar-refractivity contribution in [3.63, 3.8) is 0 Å². The number of hydrogen-bond donors (Lipinski definition) is 8. The normalized spacial score (nSPS) is 48.1. The van der Waals surface area contributed by atoms with Crippen LogP contribution in [0.15, 0.2) is 0 Å². The minimum atomic E-state index is -2.03. The average Bonchev–Trinajstić information content (AvgIpc) is 2.54. The molecule has 2 heterocycles. The van der Waals surface area contributed by atoms with Crippen molar-refractivity contribution >= 4 is 11.9 Å². The van der Waals surface area contributed by atoms with Crippen LogP contribution in [0.25, 0.3) is 0 Å². The Hall–Kier alpha value is -1.42. The first-order valence-electron chi connectivity index (χ1n) is 7.06. The maximum Gasteiger partial charge on any atom is 0.335 e. The number of carboxylic acid groups (broad SMARTS) is 2. The third kappa shape index (κ3) is 3.74. The predicted octanol–water partition coefficient (Wildman–Crippen LogP) is -5.21. The minimum absolute atomic E-state index is 1.70. The molecule has 0 spiro atoms. The van der Waals surface area contributed by atoms with Crippen LogP contribution in [0.5, 0.6) is 0 Å². The zero-order valence-electron chi connectivity index (χ0n) is 12.4. The number of aliphatic carboxylic acids is 2. The lowest BCUT2D eigenvalue weighted by Gasteiger charge is -2.44. The third-order valence-electron chi connectivity index (χ3n) is 3.91. The number of aliphatic hydroxyl groups is 6. The van der Waals surface area contributed by atoms with Gasteiger partial charge in [0.05, 0.1) is 0 Å². The molecule has 25 heavy (non-hydrogen) atoms. The Bertz CT molecular complexity index is 511. The maximum atomic E-state index is 11.2. The molecule has 0 aromatic heterocycles. The Labute approximate surface area is 139 Å². The van der Waals surface area contributed by atoms with Gasteiger partial charge in [0.25, 0.3) is 0 Å². The fourth-order valence-electron chi connectivity index (χ4n) is 2.52. The van der Waals surface area contributed by atoms with Crippen molar-refractivity contribution in [3.8, 4) is 0 Å². The number of aliphatic hydroxyl groups excluding tert-OH is 6. The zero-order chi connectivity index (χ0) is 19.0. The molecule has 2 aliphatic heterocycles. The van der Waals surface area contributed by atoms with Crippen LogP contribution in [-0.4, -0.2) is 114 Å². The van der Waals surface area contributed by atoms with Crippen LogP contribution in [0.4, 0.5) is 0 Å². The predicted molar refractivity (Wildman–Crippen MR) is 69.7 cm³/mol. The van der Waals surface area contributed by atoms with Crippen LogP contribution < -0.4 is 0 Å². The van der Waals surface area contributed by atoms with Crippen molar-refractivity contribution in [2.75, 3.05) is 0 Å². The van der Waals surface area contributed by atoms with Gasteiger partial charge in [0.15, 0.2) is 24.8 Å². The van der Waals surface area contributed by atoms with Crippen LogP contribution >= 0.6 is 0 Å². The molecule has 0 aliphatic carbocycles. The van der Waals surface area contributed by atoms with Gasteiger partial charge in [0, 0.05) is 0 Å². The molecule has 1 unspecified atom stereocenters. The van der Waals surface area contributed by atoms with Crippen molar-refractivity contribution < 1.29 is 64.7 Å². The number of carbonyl (C=O) groups is 2. The van der Waals surface area contributed by atoms with Crippen LogP contribution in [0, 0.1) is 0 Å². The summed E-state index contributed by atoms with van der Waals surface area (Å²) in [6, 6.07) is 0. The summed E-state index contributed by atoms with van der Waals surface area (Å²) in [5, 5.41) is 75.9. The van der Waals surface area contributed by atoms with Crippen LogP contribution in [0.2, 0.25) is 0 Å². The van der Waals surface area contributed by atoms with E-state index in [0.29, 0.717) is 0 Å². The second-order valence-corrected chi connectivity index (χ2v) is 5.60. The van der Waals surface area contributed by atoms with E-state index < -0.39 is 73.4 Å². The van der Waals surface area contributed by atoms with Gasteiger partial charge in [-0.05, 0) is 0 Å². The van der Waals surface area contributed by atoms with Gasteiger partial charge in [-0.2, -0.15) is 0 Å². The van der Waals surface area contributed by atoms with Crippen molar-refractivity contribution in [2.24, 2.45) is 0 Å². The lowest BCUT2D eigenvalue weighted by atomic mass is 9.96. The molecule has 2 fully saturated rings. The Morgan fingerprint density at radius 3 is 1.76 bits per heavy atom. The highest BCUT2D eigenvalue weighted by atomic mass is 16.7. The summed E-state index contributed by atoms with van der Waals surface area (Å²) in [7, 11) is 0. The zero-order valence-corrected chi connectivity index (χ0v) is 12.4. The molecule has 2 aliphatic rings. The van der Waals surface area contributed by atoms with E-state index in [2.05, 4.69) is 4.74 Å². The van der Waals surface area contributed by atoms with Gasteiger partial charge in [0.2, 0.25) is 0 Å². The molecule has 8 N–H and O–H groups in total. The summed E-state index contributed by atoms with van der Waals surface area (Å²) >= 11 is 0. The first-order chi connectivity index (χ1) is 11.6. The quantitative estimate of drug-likeness (QED) is 0.232. The molecule has 0 saturated carbocycles. The van der Waals surface area contributed by atoms with Gasteiger partial charge in [-0.25, -0.2) is 9.59 Å². The minimum Gasteiger partial charge on any atom is -0.479 e. The van der Waals surface area contributed by atoms with E-state index in [1.807, 2.05) is 0 Å². The summed E-state index contributed by atoms with van der Waals surface area (Å²) < 4.78 is 14.4. The highest BCUT2D eigenvalue weighted by Gasteiger charge is 2.53. The number of ether oxygens (including phenoxy) is 3. The lowest BCUT2D eigenvalue weighted by molar-refractivity contribution is -0.346. The molecular weight excluding hydrogens is 352 g/mol. The Balaban J connectivity index is 2.22. The second-order valence-electron chi connectivity index (χ2n) is 5.60. The van der Waals surface area contributed by atoms with Crippen molar-refractivity contribution in [1.82, 2.24) is 0 Å². The van der Waals surface area contributed by atoms with Crippen LogP contribution in [0.1, 0.15) is 0 Å². The van der Waals surface area contributed by atoms with Gasteiger partial charge in [-0.15, -0.1) is 0 Å². The summed E-state index contributed by atoms with van der Waals surface area (Å²) in [4.78, 5) is 22.2. The molecule has 0 aromatic carbocycles.